The van der Waals surface area contributed by atoms with Crippen LogP contribution >= 0.6 is 0 Å². The smallest absolute Gasteiger partial charge is 0.159 e. The predicted molar refractivity (Wildman–Crippen MR) is 631 cm³/mol. The monoisotopic (exact) mass is 1940 g/mol. The van der Waals surface area contributed by atoms with Gasteiger partial charge in [0.05, 0.1) is 73.2 Å². The number of para-hydroxylation sites is 8. The zero-order valence-corrected chi connectivity index (χ0v) is 79.1. The molecule has 6 heterocycles. The third-order valence-electron chi connectivity index (χ3n) is 29.0. The highest BCUT2D eigenvalue weighted by Crippen LogP contribution is 2.54. The Morgan fingerprint density at radius 2 is 0.387 bits per heavy atom. The molecule has 0 radical (unpaired) electrons. The summed E-state index contributed by atoms with van der Waals surface area (Å²) in [6, 6.07) is 99.7. The van der Waals surface area contributed by atoms with Gasteiger partial charge in [-0.1, -0.05) is 418 Å². The van der Waals surface area contributed by atoms with Crippen LogP contribution in [0.15, 0.2) is 551 Å². The third kappa shape index (κ3) is 13.8. The first-order valence-electron chi connectivity index (χ1n) is 63.5. The number of rotatable bonds is 11. The number of benzene rings is 26. The Morgan fingerprint density at radius 1 is 0.140 bits per heavy atom. The Balaban J connectivity index is 0.000000118. The van der Waals surface area contributed by atoms with Crippen LogP contribution in [0, 0.1) is 0 Å². The van der Waals surface area contributed by atoms with Crippen molar-refractivity contribution in [1.29, 1.82) is 0 Å². The minimum atomic E-state index is -0.721. The first-order chi connectivity index (χ1) is 86.5. The SMILES string of the molecule is [2H]c1c([2H])c([2H])c(-c2c3c([2H])c([2H])c([2H])c([2H])c3c(-c3cc(-n4c5ccccc5c5ccccc54)c4oc5ccccc5c4c3)c3c([2H])c([2H])c([2H])c([2H])c23)c([2H])c1[2H].[2H]c1c([2H])c([2H])c2c(-c3cc(-c4ccc5oc6ccccc6c5c4)c4oc5ccccc5c4c3)c3c([2H])c([2H])c([2H])c([2H])c3c(-c3ccccc3)c2c1[2H].[2H]c1c([2H])c([2H])c2c(-c3cc(-n4c5ccccc5c5ccccc54)c4oc5ccccc5c4c3)c3c([2H])c([2H])c([2H])c([2H])c3c(-c3cc(-c4ccccc4)cc(-c4ccccc4)c3)c2c1[2H]. The second kappa shape index (κ2) is 35.0. The van der Waals surface area contributed by atoms with Gasteiger partial charge in [0.1, 0.15) is 33.5 Å². The molecular formula is C144H88N2O4. The molecular weight excluding hydrogens is 1820 g/mol. The maximum absolute atomic E-state index is 9.79. The highest BCUT2D eigenvalue weighted by molar-refractivity contribution is 6.28. The molecule has 0 saturated carbocycles. The van der Waals surface area contributed by atoms with E-state index in [1.165, 1.54) is 0 Å². The standard InChI is InChI=1S/C56H35NO.C44H27NO.C44H26O2/c1-3-17-36(18-4-1)38-31-39(37-19-5-2-6-20-37)33-40(32-38)54-45-24-7-9-26-47(45)55(48-27-10-8-25-46(48)54)41-34-49-44-23-13-16-30-53(44)58-56(49)52(35-41)57-50-28-14-11-21-42(50)43-22-12-15-29-51(43)57;1-2-14-28(15-3-1)42-33-19-4-6-21-35(33)43(36-22-7-5-20-34(36)42)29-26-37-32-18-10-13-25-41(32)46-44(37)40(27-29)45-38-23-11-8-16-30(38)31-17-9-12-24-39(31)45;1-2-12-27(13-3-1)42-32-16-4-6-18-34(32)43(35-19-7-5-17-33(35)42)29-25-36(44-38(26-29)31-15-9-11-21-40(31)46-44)28-22-23-41-37(24-28)30-14-8-10-20-39(30)45-41/h1-35H;1-27H;1-26H/i7D,8D,9D,10D,24D,25D,26D,27D;1D,2D,3D,4D,5D,6D,7D,14D,15D,19D,20D,21D,22D;4D,5D,6D,7D,16D,17D,18D,19D. The van der Waals surface area contributed by atoms with Crippen molar-refractivity contribution in [3.05, 3.63) is 533 Å². The van der Waals surface area contributed by atoms with E-state index in [1.54, 1.807) is 36.4 Å². The van der Waals surface area contributed by atoms with Crippen molar-refractivity contribution in [2.45, 2.75) is 0 Å². The summed E-state index contributed by atoms with van der Waals surface area (Å²) < 4.78 is 295. The van der Waals surface area contributed by atoms with Crippen molar-refractivity contribution in [3.63, 3.8) is 0 Å². The molecule has 26 aromatic carbocycles. The van der Waals surface area contributed by atoms with E-state index >= 15 is 0 Å². The topological polar surface area (TPSA) is 62.4 Å². The first-order valence-corrected chi connectivity index (χ1v) is 49.0. The van der Waals surface area contributed by atoms with Crippen LogP contribution in [0.4, 0.5) is 0 Å². The number of hydrogen-bond acceptors (Lipinski definition) is 4. The number of furan rings is 4. The zero-order chi connectivity index (χ0) is 124. The van der Waals surface area contributed by atoms with Crippen molar-refractivity contribution in [3.8, 4) is 112 Å². The number of hydrogen-bond donors (Lipinski definition) is 0. The highest BCUT2D eigenvalue weighted by Gasteiger charge is 2.29. The van der Waals surface area contributed by atoms with Gasteiger partial charge >= 0.3 is 0 Å². The largest absolute Gasteiger partial charge is 0.456 e. The van der Waals surface area contributed by atoms with Crippen LogP contribution in [0.3, 0.4) is 0 Å². The molecule has 150 heavy (non-hydrogen) atoms. The van der Waals surface area contributed by atoms with Gasteiger partial charge in [-0.15, -0.1) is 0 Å². The summed E-state index contributed by atoms with van der Waals surface area (Å²) >= 11 is 0. The molecule has 0 unspecified atom stereocenters. The molecule has 0 N–H and O–H groups in total. The lowest BCUT2D eigenvalue weighted by Crippen LogP contribution is -1.97. The quantitative estimate of drug-likeness (QED) is 0.121. The fourth-order valence-electron chi connectivity index (χ4n) is 22.6. The van der Waals surface area contributed by atoms with Crippen molar-refractivity contribution in [2.75, 3.05) is 0 Å². The molecule has 0 saturated heterocycles. The van der Waals surface area contributed by atoms with Crippen LogP contribution in [0.1, 0.15) is 39.8 Å². The van der Waals surface area contributed by atoms with E-state index in [2.05, 4.69) is 34.9 Å². The normalized spacial score (nSPS) is 14.6. The Bertz CT molecular complexity index is 12700. The van der Waals surface area contributed by atoms with Crippen molar-refractivity contribution in [1.82, 2.24) is 9.13 Å². The summed E-state index contributed by atoms with van der Waals surface area (Å²) in [4.78, 5) is 0. The second-order valence-corrected chi connectivity index (χ2v) is 37.1. The molecule has 6 aromatic heterocycles. The minimum Gasteiger partial charge on any atom is -0.456 e. The summed E-state index contributed by atoms with van der Waals surface area (Å²) in [6.45, 7) is 0. The molecule has 32 aromatic rings. The van der Waals surface area contributed by atoms with Gasteiger partial charge in [-0.2, -0.15) is 0 Å². The summed E-state index contributed by atoms with van der Waals surface area (Å²) in [7, 11) is 0. The molecule has 0 atom stereocenters. The van der Waals surface area contributed by atoms with Gasteiger partial charge in [0.15, 0.2) is 11.2 Å². The fraction of sp³-hybridized carbons (Fsp3) is 0. The molecule has 6 heteroatoms. The molecule has 0 aliphatic rings. The number of fused-ring (bicyclic) bond motifs is 24. The Morgan fingerprint density at radius 3 is 0.747 bits per heavy atom. The van der Waals surface area contributed by atoms with Gasteiger partial charge in [0.2, 0.25) is 0 Å². The van der Waals surface area contributed by atoms with E-state index in [1.807, 2.05) is 296 Å². The van der Waals surface area contributed by atoms with Crippen LogP contribution in [0.5, 0.6) is 0 Å². The molecule has 0 spiro atoms. The Hall–Kier alpha value is -19.9. The van der Waals surface area contributed by atoms with Crippen molar-refractivity contribution >= 4 is 196 Å². The summed E-state index contributed by atoms with van der Waals surface area (Å²) in [6.07, 6.45) is 0. The summed E-state index contributed by atoms with van der Waals surface area (Å²) in [5, 5.41) is 10.7. The van der Waals surface area contributed by atoms with E-state index in [-0.39, 0.29) is 141 Å². The van der Waals surface area contributed by atoms with Gasteiger partial charge in [0.25, 0.3) is 0 Å². The molecule has 0 amide bonds. The fourth-order valence-corrected chi connectivity index (χ4v) is 22.6. The van der Waals surface area contributed by atoms with E-state index < -0.39 is 132 Å². The minimum absolute atomic E-state index is 0.0410. The van der Waals surface area contributed by atoms with Crippen LogP contribution < -0.4 is 0 Å². The maximum atomic E-state index is 9.79. The number of aromatic nitrogens is 2. The molecule has 0 fully saturated rings. The van der Waals surface area contributed by atoms with Gasteiger partial charge < -0.3 is 26.8 Å². The highest BCUT2D eigenvalue weighted by atomic mass is 16.3. The van der Waals surface area contributed by atoms with E-state index in [4.69, 9.17) is 41.0 Å². The molecule has 698 valence electrons. The third-order valence-corrected chi connectivity index (χ3v) is 29.0. The molecule has 6 nitrogen and oxygen atoms in total. The predicted octanol–water partition coefficient (Wildman–Crippen LogP) is 40.8. The van der Waals surface area contributed by atoms with Crippen LogP contribution in [0.2, 0.25) is 0 Å². The Labute approximate surface area is 902 Å². The van der Waals surface area contributed by atoms with Crippen molar-refractivity contribution < 1.29 is 57.4 Å². The van der Waals surface area contributed by atoms with Gasteiger partial charge in [-0.3, -0.25) is 0 Å². The maximum Gasteiger partial charge on any atom is 0.159 e. The molecule has 0 aliphatic carbocycles. The van der Waals surface area contributed by atoms with E-state index in [0.717, 1.165) is 120 Å². The van der Waals surface area contributed by atoms with Gasteiger partial charge in [-0.25, -0.2) is 0 Å². The van der Waals surface area contributed by atoms with E-state index in [0.29, 0.717) is 89.2 Å². The molecule has 32 rings (SSSR count). The molecule has 0 aliphatic heterocycles. The van der Waals surface area contributed by atoms with E-state index in [9.17, 15) is 16.4 Å². The lowest BCUT2D eigenvalue weighted by Gasteiger charge is -2.20. The first kappa shape index (κ1) is 61.3. The van der Waals surface area contributed by atoms with Gasteiger partial charge in [0, 0.05) is 70.2 Å². The van der Waals surface area contributed by atoms with Gasteiger partial charge in [-0.05, 0) is 274 Å². The lowest BCUT2D eigenvalue weighted by molar-refractivity contribution is 0.666. The molecule has 0 bridgehead atoms. The second-order valence-electron chi connectivity index (χ2n) is 37.1. The van der Waals surface area contributed by atoms with Crippen LogP contribution in [0.25, 0.3) is 308 Å². The van der Waals surface area contributed by atoms with Crippen molar-refractivity contribution in [2.24, 2.45) is 0 Å². The number of nitrogens with zero attached hydrogens (tertiary/aromatic N) is 2. The van der Waals surface area contributed by atoms with Crippen LogP contribution in [-0.2, 0) is 0 Å². The average molecular weight is 1940 g/mol. The summed E-state index contributed by atoms with van der Waals surface area (Å²) in [5.74, 6) is 0. The lowest BCUT2D eigenvalue weighted by atomic mass is 9.84. The zero-order valence-electron chi connectivity index (χ0n) is 108. The Kier molecular flexibility index (Phi) is 14.3. The summed E-state index contributed by atoms with van der Waals surface area (Å²) in [5.41, 5.74) is 17.5. The average Bonchev–Trinajstić information content (AvgIpc) is 1.25. The van der Waals surface area contributed by atoms with Crippen LogP contribution in [-0.4, -0.2) is 9.13 Å².